The van der Waals surface area contributed by atoms with Gasteiger partial charge in [-0.15, -0.1) is 0 Å². The normalized spacial score (nSPS) is 16.9. The van der Waals surface area contributed by atoms with Crippen molar-refractivity contribution >= 4 is 40.1 Å². The zero-order chi connectivity index (χ0) is 34.9. The van der Waals surface area contributed by atoms with Crippen LogP contribution in [0.3, 0.4) is 0 Å². The molecule has 0 aliphatic carbocycles. The number of halogens is 6. The van der Waals surface area contributed by atoms with Crippen molar-refractivity contribution in [2.24, 2.45) is 0 Å². The molecule has 2 amide bonds. The fraction of sp³-hybridized carbons (Fsp3) is 0.375. The maximum Gasteiger partial charge on any atom is 0.423 e. The minimum atomic E-state index is -5.41. The summed E-state index contributed by atoms with van der Waals surface area (Å²) >= 11 is 0. The number of anilines is 3. The van der Waals surface area contributed by atoms with E-state index in [1.807, 2.05) is 6.07 Å². The van der Waals surface area contributed by atoms with Gasteiger partial charge in [-0.3, -0.25) is 9.89 Å². The van der Waals surface area contributed by atoms with Crippen LogP contribution in [0.2, 0.25) is 0 Å². The van der Waals surface area contributed by atoms with Crippen molar-refractivity contribution < 1.29 is 45.4 Å². The molecule has 5 rings (SSSR count). The number of nitrogens with zero attached hydrogens (tertiary/aromatic N) is 3. The number of H-pyrrole nitrogens is 1. The number of carbonyl (C=O) groups is 2. The standard InChI is InChI=1S/C32H32F6N6O4/c1-29(2,3)48-28(46)44-15-5-7-25(44)31(32(36,37)38,47-18-30(33,34)35)20-9-12-21(13-10-20)42-27(45)23-6-4-14-39-26(23)41-22-11-8-19-17-40-43-24(19)16-22/h4,6,8-14,16-17,25H,5,7,15,18H2,1-3H3,(H,39,41)(H,40,43)(H,42,45). The maximum atomic E-state index is 15.1. The Kier molecular flexibility index (Phi) is 9.32. The number of alkyl halides is 6. The van der Waals surface area contributed by atoms with Gasteiger partial charge in [0.05, 0.1) is 23.3 Å². The first-order valence-electron chi connectivity index (χ1n) is 14.8. The monoisotopic (exact) mass is 678 g/mol. The third-order valence-corrected chi connectivity index (χ3v) is 7.56. The number of likely N-dealkylation sites (tertiary alicyclic amines) is 1. The van der Waals surface area contributed by atoms with E-state index in [9.17, 15) is 22.8 Å². The number of aromatic amines is 1. The summed E-state index contributed by atoms with van der Waals surface area (Å²) in [5, 5.41) is 13.3. The first kappa shape index (κ1) is 34.5. The van der Waals surface area contributed by atoms with Crippen LogP contribution in [0.25, 0.3) is 10.9 Å². The number of hydrogen-bond donors (Lipinski definition) is 3. The fourth-order valence-electron chi connectivity index (χ4n) is 5.57. The molecule has 0 bridgehead atoms. The van der Waals surface area contributed by atoms with Crippen LogP contribution < -0.4 is 10.6 Å². The molecule has 2 aromatic carbocycles. The molecular weight excluding hydrogens is 646 g/mol. The minimum absolute atomic E-state index is 0.0414. The minimum Gasteiger partial charge on any atom is -0.444 e. The van der Waals surface area contributed by atoms with Crippen LogP contribution in [-0.4, -0.2) is 69.2 Å². The molecule has 1 aliphatic heterocycles. The number of pyridine rings is 1. The Balaban J connectivity index is 1.44. The van der Waals surface area contributed by atoms with E-state index in [0.29, 0.717) is 5.69 Å². The van der Waals surface area contributed by atoms with E-state index in [-0.39, 0.29) is 36.5 Å². The number of nitrogens with one attached hydrogen (secondary N) is 3. The summed E-state index contributed by atoms with van der Waals surface area (Å²) < 4.78 is 95.6. The Hall–Kier alpha value is -4.86. The number of amides is 2. The van der Waals surface area contributed by atoms with Crippen molar-refractivity contribution in [3.63, 3.8) is 0 Å². The number of rotatable bonds is 8. The molecule has 1 fully saturated rings. The SMILES string of the molecule is CC(C)(C)OC(=O)N1CCCC1C(OCC(F)(F)F)(c1ccc(NC(=O)c2cccnc2Nc2ccc3cn[nH]c3c2)cc1)C(F)(F)F. The first-order chi connectivity index (χ1) is 22.5. The van der Waals surface area contributed by atoms with E-state index in [2.05, 4.69) is 25.8 Å². The van der Waals surface area contributed by atoms with Crippen LogP contribution in [0.5, 0.6) is 0 Å². The third kappa shape index (κ3) is 7.48. The summed E-state index contributed by atoms with van der Waals surface area (Å²) in [6.07, 6.45) is -8.75. The molecule has 2 aromatic heterocycles. The first-order valence-corrected chi connectivity index (χ1v) is 14.8. The average Bonchev–Trinajstić information content (AvgIpc) is 3.67. The fourth-order valence-corrected chi connectivity index (χ4v) is 5.57. The predicted molar refractivity (Wildman–Crippen MR) is 164 cm³/mol. The van der Waals surface area contributed by atoms with E-state index in [4.69, 9.17) is 9.47 Å². The second kappa shape index (κ2) is 13.0. The molecule has 0 saturated carbocycles. The summed E-state index contributed by atoms with van der Waals surface area (Å²) in [5.41, 5.74) is -3.86. The van der Waals surface area contributed by atoms with Gasteiger partial charge in [-0.25, -0.2) is 9.78 Å². The van der Waals surface area contributed by atoms with Crippen LogP contribution in [0, 0.1) is 0 Å². The Morgan fingerprint density at radius 2 is 1.71 bits per heavy atom. The Morgan fingerprint density at radius 1 is 1.00 bits per heavy atom. The molecule has 48 heavy (non-hydrogen) atoms. The van der Waals surface area contributed by atoms with E-state index in [1.165, 1.54) is 39.1 Å². The summed E-state index contributed by atoms with van der Waals surface area (Å²) in [7, 11) is 0. The molecule has 1 aliphatic rings. The lowest BCUT2D eigenvalue weighted by atomic mass is 9.83. The molecule has 2 unspecified atom stereocenters. The molecule has 1 saturated heterocycles. The maximum absolute atomic E-state index is 15.1. The molecule has 4 aromatic rings. The van der Waals surface area contributed by atoms with Gasteiger partial charge in [-0.2, -0.15) is 31.4 Å². The number of fused-ring (bicyclic) bond motifs is 1. The zero-order valence-corrected chi connectivity index (χ0v) is 26.0. The summed E-state index contributed by atoms with van der Waals surface area (Å²) in [4.78, 5) is 31.3. The van der Waals surface area contributed by atoms with Crippen molar-refractivity contribution in [1.29, 1.82) is 0 Å². The highest BCUT2D eigenvalue weighted by atomic mass is 19.4. The molecule has 2 atom stereocenters. The van der Waals surface area contributed by atoms with Gasteiger partial charge in [0.1, 0.15) is 18.0 Å². The molecule has 10 nitrogen and oxygen atoms in total. The molecule has 0 radical (unpaired) electrons. The third-order valence-electron chi connectivity index (χ3n) is 7.56. The molecule has 3 heterocycles. The van der Waals surface area contributed by atoms with Gasteiger partial charge in [0, 0.05) is 29.5 Å². The van der Waals surface area contributed by atoms with Crippen molar-refractivity contribution in [2.45, 2.75) is 63.2 Å². The second-order valence-electron chi connectivity index (χ2n) is 12.2. The van der Waals surface area contributed by atoms with Gasteiger partial charge in [-0.05, 0) is 81.6 Å². The molecular formula is C32H32F6N6O4. The number of hydrogen-bond acceptors (Lipinski definition) is 7. The van der Waals surface area contributed by atoms with Crippen molar-refractivity contribution in [2.75, 3.05) is 23.8 Å². The van der Waals surface area contributed by atoms with Gasteiger partial charge >= 0.3 is 18.4 Å². The van der Waals surface area contributed by atoms with Gasteiger partial charge in [0.2, 0.25) is 5.60 Å². The quantitative estimate of drug-likeness (QED) is 0.163. The highest BCUT2D eigenvalue weighted by molar-refractivity contribution is 6.07. The van der Waals surface area contributed by atoms with E-state index < -0.39 is 53.8 Å². The number of ether oxygens (including phenoxy) is 2. The van der Waals surface area contributed by atoms with Crippen molar-refractivity contribution in [3.8, 4) is 0 Å². The predicted octanol–water partition coefficient (Wildman–Crippen LogP) is 7.69. The highest BCUT2D eigenvalue weighted by Crippen LogP contribution is 2.50. The van der Waals surface area contributed by atoms with E-state index in [1.54, 1.807) is 18.3 Å². The number of aromatic nitrogens is 3. The van der Waals surface area contributed by atoms with E-state index >= 15 is 13.2 Å². The Labute approximate surface area is 270 Å². The largest absolute Gasteiger partial charge is 0.444 e. The smallest absolute Gasteiger partial charge is 0.423 e. The van der Waals surface area contributed by atoms with Crippen LogP contribution in [0.4, 0.5) is 48.3 Å². The molecule has 3 N–H and O–H groups in total. The second-order valence-corrected chi connectivity index (χ2v) is 12.2. The van der Waals surface area contributed by atoms with Gasteiger partial charge in [0.25, 0.3) is 5.91 Å². The lowest BCUT2D eigenvalue weighted by molar-refractivity contribution is -0.324. The zero-order valence-electron chi connectivity index (χ0n) is 26.0. The Morgan fingerprint density at radius 3 is 2.38 bits per heavy atom. The summed E-state index contributed by atoms with van der Waals surface area (Å²) in [5.74, 6) is -0.478. The van der Waals surface area contributed by atoms with Crippen LogP contribution in [0.15, 0.2) is 67.0 Å². The van der Waals surface area contributed by atoms with Gasteiger partial charge in [0.15, 0.2) is 0 Å². The van der Waals surface area contributed by atoms with Crippen LogP contribution >= 0.6 is 0 Å². The lowest BCUT2D eigenvalue weighted by Crippen LogP contribution is -2.60. The van der Waals surface area contributed by atoms with Crippen LogP contribution in [-0.2, 0) is 15.1 Å². The molecule has 0 spiro atoms. The highest BCUT2D eigenvalue weighted by Gasteiger charge is 2.66. The van der Waals surface area contributed by atoms with E-state index in [0.717, 1.165) is 40.1 Å². The van der Waals surface area contributed by atoms with Crippen molar-refractivity contribution in [3.05, 3.63) is 78.1 Å². The lowest BCUT2D eigenvalue weighted by Gasteiger charge is -2.44. The molecule has 256 valence electrons. The number of carbonyl (C=O) groups excluding carboxylic acids is 2. The Bertz CT molecular complexity index is 1770. The average molecular weight is 679 g/mol. The summed E-state index contributed by atoms with van der Waals surface area (Å²) in [6, 6.07) is 10.5. The number of benzene rings is 2. The molecule has 16 heteroatoms. The van der Waals surface area contributed by atoms with Gasteiger partial charge < -0.3 is 25.0 Å². The van der Waals surface area contributed by atoms with Gasteiger partial charge in [-0.1, -0.05) is 12.1 Å². The van der Waals surface area contributed by atoms with Crippen LogP contribution in [0.1, 0.15) is 49.5 Å². The topological polar surface area (TPSA) is 121 Å². The van der Waals surface area contributed by atoms with Crippen molar-refractivity contribution in [1.82, 2.24) is 20.1 Å². The summed E-state index contributed by atoms with van der Waals surface area (Å²) in [6.45, 7) is 2.14.